The molecule has 8 heteroatoms. The molecule has 1 amide bonds. The van der Waals surface area contributed by atoms with Crippen molar-refractivity contribution in [2.75, 3.05) is 5.32 Å². The number of aromatic nitrogens is 2. The standard InChI is InChI=1S/C16H14F3N3OS/c1-9(10-4-6-12(7-5-10)16(17,18)19)8-13(23)20-15-22-21-14(24-15)11-2-3-11/h4-8,11H,2-3H2,1H3,(H,20,22,23)/b9-8+. The van der Waals surface area contributed by atoms with Crippen LogP contribution < -0.4 is 5.32 Å². The van der Waals surface area contributed by atoms with Crippen LogP contribution in [0, 0.1) is 0 Å². The summed E-state index contributed by atoms with van der Waals surface area (Å²) in [6.45, 7) is 1.66. The van der Waals surface area contributed by atoms with Gasteiger partial charge in [-0.2, -0.15) is 13.2 Å². The normalized spacial score (nSPS) is 15.4. The van der Waals surface area contributed by atoms with Crippen molar-refractivity contribution in [1.82, 2.24) is 10.2 Å². The van der Waals surface area contributed by atoms with Crippen LogP contribution in [0.15, 0.2) is 30.3 Å². The number of carbonyl (C=O) groups excluding carboxylic acids is 1. The number of nitrogens with zero attached hydrogens (tertiary/aromatic N) is 2. The molecule has 1 heterocycles. The van der Waals surface area contributed by atoms with Crippen molar-refractivity contribution < 1.29 is 18.0 Å². The first-order valence-electron chi connectivity index (χ1n) is 7.33. The quantitative estimate of drug-likeness (QED) is 0.825. The largest absolute Gasteiger partial charge is 0.416 e. The van der Waals surface area contributed by atoms with E-state index in [0.717, 1.165) is 30.0 Å². The summed E-state index contributed by atoms with van der Waals surface area (Å²) < 4.78 is 37.6. The molecule has 4 nitrogen and oxygen atoms in total. The monoisotopic (exact) mass is 353 g/mol. The molecule has 3 rings (SSSR count). The average Bonchev–Trinajstić information content (AvgIpc) is 3.27. The molecular formula is C16H14F3N3OS. The molecule has 0 bridgehead atoms. The molecule has 1 N–H and O–H groups in total. The van der Waals surface area contributed by atoms with E-state index in [1.807, 2.05) is 0 Å². The van der Waals surface area contributed by atoms with E-state index in [0.29, 0.717) is 22.2 Å². The highest BCUT2D eigenvalue weighted by Crippen LogP contribution is 2.42. The summed E-state index contributed by atoms with van der Waals surface area (Å²) in [4.78, 5) is 12.0. The van der Waals surface area contributed by atoms with E-state index in [1.165, 1.54) is 29.5 Å². The molecule has 1 aliphatic carbocycles. The van der Waals surface area contributed by atoms with Crippen LogP contribution in [0.3, 0.4) is 0 Å². The van der Waals surface area contributed by atoms with Crippen molar-refractivity contribution in [3.05, 3.63) is 46.5 Å². The third kappa shape index (κ3) is 4.00. The molecule has 0 aliphatic heterocycles. The number of nitrogens with one attached hydrogen (secondary N) is 1. The van der Waals surface area contributed by atoms with E-state index < -0.39 is 11.7 Å². The van der Waals surface area contributed by atoms with Crippen LogP contribution in [-0.2, 0) is 11.0 Å². The van der Waals surface area contributed by atoms with Crippen molar-refractivity contribution in [3.63, 3.8) is 0 Å². The Morgan fingerprint density at radius 3 is 2.50 bits per heavy atom. The van der Waals surface area contributed by atoms with E-state index in [1.54, 1.807) is 6.92 Å². The molecule has 126 valence electrons. The Kier molecular flexibility index (Phi) is 4.40. The average molecular weight is 353 g/mol. The van der Waals surface area contributed by atoms with Crippen molar-refractivity contribution in [2.45, 2.75) is 31.9 Å². The fourth-order valence-corrected chi connectivity index (χ4v) is 3.04. The van der Waals surface area contributed by atoms with Crippen molar-refractivity contribution in [1.29, 1.82) is 0 Å². The molecule has 0 atom stereocenters. The Balaban J connectivity index is 1.66. The Hall–Kier alpha value is -2.22. The first-order chi connectivity index (χ1) is 11.3. The van der Waals surface area contributed by atoms with Gasteiger partial charge in [-0.3, -0.25) is 10.1 Å². The van der Waals surface area contributed by atoms with E-state index >= 15 is 0 Å². The predicted octanol–water partition coefficient (Wildman–Crippen LogP) is 4.48. The number of carbonyl (C=O) groups is 1. The lowest BCUT2D eigenvalue weighted by Crippen LogP contribution is -2.08. The number of hydrogen-bond donors (Lipinski definition) is 1. The predicted molar refractivity (Wildman–Crippen MR) is 85.6 cm³/mol. The number of halogens is 3. The maximum absolute atomic E-state index is 12.5. The zero-order valence-corrected chi connectivity index (χ0v) is 13.5. The molecule has 1 fully saturated rings. The first-order valence-corrected chi connectivity index (χ1v) is 8.15. The van der Waals surface area contributed by atoms with E-state index in [2.05, 4.69) is 15.5 Å². The van der Waals surface area contributed by atoms with E-state index in [-0.39, 0.29) is 5.91 Å². The van der Waals surface area contributed by atoms with Gasteiger partial charge in [-0.25, -0.2) is 0 Å². The van der Waals surface area contributed by atoms with E-state index in [4.69, 9.17) is 0 Å². The maximum atomic E-state index is 12.5. The molecule has 0 unspecified atom stereocenters. The van der Waals surface area contributed by atoms with Crippen LogP contribution in [0.1, 0.15) is 41.8 Å². The summed E-state index contributed by atoms with van der Waals surface area (Å²) in [6.07, 6.45) is -0.823. The van der Waals surface area contributed by atoms with Gasteiger partial charge in [-0.15, -0.1) is 10.2 Å². The van der Waals surface area contributed by atoms with Gasteiger partial charge in [0.2, 0.25) is 11.0 Å². The second kappa shape index (κ2) is 6.35. The summed E-state index contributed by atoms with van der Waals surface area (Å²) in [5, 5.41) is 11.9. The summed E-state index contributed by atoms with van der Waals surface area (Å²) >= 11 is 1.35. The van der Waals surface area contributed by atoms with Gasteiger partial charge in [0, 0.05) is 12.0 Å². The topological polar surface area (TPSA) is 54.9 Å². The lowest BCUT2D eigenvalue weighted by Gasteiger charge is -2.07. The maximum Gasteiger partial charge on any atom is 0.416 e. The Labute approximate surface area is 140 Å². The summed E-state index contributed by atoms with van der Waals surface area (Å²) in [6, 6.07) is 4.69. The van der Waals surface area contributed by atoms with Crippen LogP contribution in [0.25, 0.3) is 5.57 Å². The minimum absolute atomic E-state index is 0.383. The van der Waals surface area contributed by atoms with Gasteiger partial charge in [0.05, 0.1) is 5.56 Å². The number of alkyl halides is 3. The molecular weight excluding hydrogens is 339 g/mol. The van der Waals surface area contributed by atoms with Gasteiger partial charge >= 0.3 is 6.18 Å². The van der Waals surface area contributed by atoms with E-state index in [9.17, 15) is 18.0 Å². The zero-order chi connectivity index (χ0) is 17.3. The molecule has 2 aromatic rings. The minimum atomic E-state index is -4.37. The Morgan fingerprint density at radius 1 is 1.25 bits per heavy atom. The number of amides is 1. The third-order valence-electron chi connectivity index (χ3n) is 3.61. The van der Waals surface area contributed by atoms with Gasteiger partial charge in [-0.05, 0) is 43.0 Å². The van der Waals surface area contributed by atoms with Crippen LogP contribution in [0.2, 0.25) is 0 Å². The molecule has 0 radical (unpaired) electrons. The van der Waals surface area contributed by atoms with Gasteiger partial charge in [0.1, 0.15) is 5.01 Å². The number of hydrogen-bond acceptors (Lipinski definition) is 4. The lowest BCUT2D eigenvalue weighted by molar-refractivity contribution is -0.137. The highest BCUT2D eigenvalue weighted by atomic mass is 32.1. The molecule has 1 aromatic heterocycles. The minimum Gasteiger partial charge on any atom is -0.297 e. The molecule has 24 heavy (non-hydrogen) atoms. The summed E-state index contributed by atoms with van der Waals surface area (Å²) in [7, 11) is 0. The molecule has 1 aromatic carbocycles. The smallest absolute Gasteiger partial charge is 0.297 e. The van der Waals surface area contributed by atoms with Gasteiger partial charge in [0.25, 0.3) is 0 Å². The van der Waals surface area contributed by atoms with Gasteiger partial charge in [0.15, 0.2) is 0 Å². The highest BCUT2D eigenvalue weighted by Gasteiger charge is 2.30. The van der Waals surface area contributed by atoms with Crippen LogP contribution in [0.5, 0.6) is 0 Å². The first kappa shape index (κ1) is 16.6. The SMILES string of the molecule is C/C(=C\C(=O)Nc1nnc(C2CC2)s1)c1ccc(C(F)(F)F)cc1. The fourth-order valence-electron chi connectivity index (χ4n) is 2.12. The number of benzene rings is 1. The number of allylic oxidation sites excluding steroid dienone is 1. The fraction of sp³-hybridized carbons (Fsp3) is 0.312. The third-order valence-corrected chi connectivity index (χ3v) is 4.61. The van der Waals surface area contributed by atoms with Crippen molar-refractivity contribution in [2.24, 2.45) is 0 Å². The second-order valence-electron chi connectivity index (χ2n) is 5.61. The van der Waals surface area contributed by atoms with Gasteiger partial charge in [-0.1, -0.05) is 23.5 Å². The second-order valence-corrected chi connectivity index (χ2v) is 6.62. The zero-order valence-electron chi connectivity index (χ0n) is 12.7. The van der Waals surface area contributed by atoms with Crippen LogP contribution in [0.4, 0.5) is 18.3 Å². The molecule has 0 spiro atoms. The number of rotatable bonds is 4. The highest BCUT2D eigenvalue weighted by molar-refractivity contribution is 7.15. The summed E-state index contributed by atoms with van der Waals surface area (Å²) in [5.74, 6) is 0.0865. The summed E-state index contributed by atoms with van der Waals surface area (Å²) in [5.41, 5.74) is 0.396. The Morgan fingerprint density at radius 2 is 1.92 bits per heavy atom. The van der Waals surface area contributed by atoms with Crippen LogP contribution >= 0.6 is 11.3 Å². The molecule has 1 saturated carbocycles. The number of anilines is 1. The van der Waals surface area contributed by atoms with Gasteiger partial charge < -0.3 is 0 Å². The molecule has 0 saturated heterocycles. The Bertz CT molecular complexity index is 777. The lowest BCUT2D eigenvalue weighted by atomic mass is 10.0. The van der Waals surface area contributed by atoms with Crippen molar-refractivity contribution in [3.8, 4) is 0 Å². The van der Waals surface area contributed by atoms with Crippen molar-refractivity contribution >= 4 is 27.9 Å². The van der Waals surface area contributed by atoms with Crippen LogP contribution in [-0.4, -0.2) is 16.1 Å². The molecule has 1 aliphatic rings.